The van der Waals surface area contributed by atoms with Gasteiger partial charge in [-0.25, -0.2) is 0 Å². The van der Waals surface area contributed by atoms with Gasteiger partial charge in [-0.05, 0) is 6.42 Å². The SMILES string of the molecule is O=C1NC[C@]2(CO)C[C@H]12. The normalized spacial score (nSPS) is 46.3. The number of amides is 1. The van der Waals surface area contributed by atoms with E-state index >= 15 is 0 Å². The van der Waals surface area contributed by atoms with Crippen LogP contribution < -0.4 is 5.32 Å². The van der Waals surface area contributed by atoms with E-state index in [9.17, 15) is 4.79 Å². The van der Waals surface area contributed by atoms with Crippen molar-refractivity contribution in [3.8, 4) is 0 Å². The number of hydrogen-bond acceptors (Lipinski definition) is 2. The molecule has 9 heavy (non-hydrogen) atoms. The molecule has 1 saturated carbocycles. The number of carbonyl (C=O) groups is 1. The largest absolute Gasteiger partial charge is 0.396 e. The summed E-state index contributed by atoms with van der Waals surface area (Å²) in [6, 6.07) is 0. The molecule has 1 amide bonds. The standard InChI is InChI=1S/C6H9NO2/c8-3-6-1-4(6)5(9)7-2-6/h4,8H,1-3H2,(H,7,9)/t4-,6+/m1/s1. The lowest BCUT2D eigenvalue weighted by atomic mass is 10.1. The quantitative estimate of drug-likeness (QED) is 0.480. The minimum Gasteiger partial charge on any atom is -0.396 e. The van der Waals surface area contributed by atoms with Crippen LogP contribution in [-0.4, -0.2) is 24.2 Å². The average Bonchev–Trinajstić information content (AvgIpc) is 2.53. The van der Waals surface area contributed by atoms with E-state index in [1.165, 1.54) is 0 Å². The molecule has 0 aromatic rings. The van der Waals surface area contributed by atoms with Gasteiger partial charge >= 0.3 is 0 Å². The van der Waals surface area contributed by atoms with Crippen molar-refractivity contribution in [1.82, 2.24) is 5.32 Å². The van der Waals surface area contributed by atoms with Crippen LogP contribution >= 0.6 is 0 Å². The van der Waals surface area contributed by atoms with Crippen molar-refractivity contribution in [2.45, 2.75) is 6.42 Å². The maximum absolute atomic E-state index is 10.8. The highest BCUT2D eigenvalue weighted by Crippen LogP contribution is 2.54. The minimum absolute atomic E-state index is 0.0307. The topological polar surface area (TPSA) is 49.3 Å². The van der Waals surface area contributed by atoms with Gasteiger partial charge in [0.1, 0.15) is 0 Å². The molecule has 0 radical (unpaired) electrons. The Morgan fingerprint density at radius 2 is 2.67 bits per heavy atom. The Morgan fingerprint density at radius 1 is 1.89 bits per heavy atom. The first-order chi connectivity index (χ1) is 4.28. The second kappa shape index (κ2) is 1.29. The molecule has 0 spiro atoms. The molecule has 1 heterocycles. The number of fused-ring (bicyclic) bond motifs is 1. The minimum atomic E-state index is -0.0307. The second-order valence-corrected chi connectivity index (χ2v) is 3.00. The summed E-state index contributed by atoms with van der Waals surface area (Å²) in [6.45, 7) is 0.851. The number of aliphatic hydroxyl groups is 1. The van der Waals surface area contributed by atoms with E-state index in [4.69, 9.17) is 5.11 Å². The lowest BCUT2D eigenvalue weighted by molar-refractivity contribution is -0.120. The Labute approximate surface area is 53.1 Å². The predicted octanol–water partition coefficient (Wildman–Crippen LogP) is -0.885. The van der Waals surface area contributed by atoms with E-state index in [0.717, 1.165) is 6.42 Å². The van der Waals surface area contributed by atoms with Crippen molar-refractivity contribution in [3.05, 3.63) is 0 Å². The lowest BCUT2D eigenvalue weighted by Gasteiger charge is -2.02. The molecule has 1 saturated heterocycles. The Morgan fingerprint density at radius 3 is 2.89 bits per heavy atom. The van der Waals surface area contributed by atoms with Gasteiger partial charge in [0.2, 0.25) is 5.91 Å². The molecule has 1 aliphatic carbocycles. The first-order valence-electron chi connectivity index (χ1n) is 3.17. The zero-order chi connectivity index (χ0) is 6.48. The number of hydrogen-bond donors (Lipinski definition) is 2. The number of aliphatic hydroxyl groups excluding tert-OH is 1. The average molecular weight is 127 g/mol. The number of piperidine rings is 1. The number of carbonyl (C=O) groups excluding carboxylic acids is 1. The Hall–Kier alpha value is -0.570. The maximum Gasteiger partial charge on any atom is 0.223 e. The van der Waals surface area contributed by atoms with Crippen molar-refractivity contribution in [1.29, 1.82) is 0 Å². The third kappa shape index (κ3) is 0.477. The van der Waals surface area contributed by atoms with Gasteiger partial charge in [0, 0.05) is 17.9 Å². The fourth-order valence-electron chi connectivity index (χ4n) is 1.53. The van der Waals surface area contributed by atoms with Gasteiger partial charge in [0.25, 0.3) is 0 Å². The predicted molar refractivity (Wildman–Crippen MR) is 30.6 cm³/mol. The van der Waals surface area contributed by atoms with E-state index in [2.05, 4.69) is 5.32 Å². The van der Waals surface area contributed by atoms with Crippen molar-refractivity contribution in [2.24, 2.45) is 11.3 Å². The highest BCUT2D eigenvalue weighted by Gasteiger charge is 2.61. The lowest BCUT2D eigenvalue weighted by Crippen LogP contribution is -2.22. The summed E-state index contributed by atoms with van der Waals surface area (Å²) in [5.74, 6) is 0.270. The number of nitrogens with one attached hydrogen (secondary N) is 1. The van der Waals surface area contributed by atoms with E-state index in [1.54, 1.807) is 0 Å². The fraction of sp³-hybridized carbons (Fsp3) is 0.833. The van der Waals surface area contributed by atoms with Gasteiger partial charge in [-0.1, -0.05) is 0 Å². The van der Waals surface area contributed by atoms with Gasteiger partial charge < -0.3 is 10.4 Å². The van der Waals surface area contributed by atoms with E-state index in [-0.39, 0.29) is 23.8 Å². The fourth-order valence-corrected chi connectivity index (χ4v) is 1.53. The molecule has 2 rings (SSSR count). The van der Waals surface area contributed by atoms with Gasteiger partial charge in [-0.2, -0.15) is 0 Å². The molecular weight excluding hydrogens is 118 g/mol. The molecule has 3 heteroatoms. The molecule has 2 aliphatic rings. The van der Waals surface area contributed by atoms with Crippen molar-refractivity contribution in [2.75, 3.05) is 13.2 Å². The van der Waals surface area contributed by atoms with Gasteiger partial charge in [0.15, 0.2) is 0 Å². The molecule has 0 unspecified atom stereocenters. The molecule has 0 aromatic carbocycles. The second-order valence-electron chi connectivity index (χ2n) is 3.00. The molecule has 1 aliphatic heterocycles. The van der Waals surface area contributed by atoms with Gasteiger partial charge in [-0.3, -0.25) is 4.79 Å². The van der Waals surface area contributed by atoms with Crippen LogP contribution in [0.3, 0.4) is 0 Å². The highest BCUT2D eigenvalue weighted by atomic mass is 16.3. The van der Waals surface area contributed by atoms with Crippen LogP contribution in [0.5, 0.6) is 0 Å². The summed E-state index contributed by atoms with van der Waals surface area (Å²) in [7, 11) is 0. The first-order valence-corrected chi connectivity index (χ1v) is 3.17. The smallest absolute Gasteiger partial charge is 0.223 e. The van der Waals surface area contributed by atoms with Crippen LogP contribution in [0.1, 0.15) is 6.42 Å². The third-order valence-electron chi connectivity index (χ3n) is 2.44. The van der Waals surface area contributed by atoms with E-state index < -0.39 is 0 Å². The van der Waals surface area contributed by atoms with Gasteiger partial charge in [-0.15, -0.1) is 0 Å². The number of rotatable bonds is 1. The van der Waals surface area contributed by atoms with Crippen molar-refractivity contribution >= 4 is 5.91 Å². The first kappa shape index (κ1) is 5.23. The van der Waals surface area contributed by atoms with Crippen LogP contribution in [-0.2, 0) is 4.79 Å². The molecule has 0 bridgehead atoms. The maximum atomic E-state index is 10.8. The van der Waals surface area contributed by atoms with Crippen molar-refractivity contribution in [3.63, 3.8) is 0 Å². The zero-order valence-electron chi connectivity index (χ0n) is 5.05. The zero-order valence-corrected chi connectivity index (χ0v) is 5.05. The van der Waals surface area contributed by atoms with Crippen LogP contribution in [0.4, 0.5) is 0 Å². The summed E-state index contributed by atoms with van der Waals surface area (Å²) in [6.07, 6.45) is 0.898. The van der Waals surface area contributed by atoms with Crippen LogP contribution in [0, 0.1) is 11.3 Å². The van der Waals surface area contributed by atoms with Crippen molar-refractivity contribution < 1.29 is 9.90 Å². The molecule has 2 atom stereocenters. The Kier molecular flexibility index (Phi) is 0.750. The summed E-state index contributed by atoms with van der Waals surface area (Å²) < 4.78 is 0. The molecule has 2 fully saturated rings. The summed E-state index contributed by atoms with van der Waals surface area (Å²) >= 11 is 0. The summed E-state index contributed by atoms with van der Waals surface area (Å²) in [5, 5.41) is 11.5. The molecular formula is C6H9NO2. The Bertz CT molecular complexity index is 168. The monoisotopic (exact) mass is 127 g/mol. The van der Waals surface area contributed by atoms with Gasteiger partial charge in [0.05, 0.1) is 6.61 Å². The van der Waals surface area contributed by atoms with Crippen LogP contribution in [0.15, 0.2) is 0 Å². The molecule has 0 aromatic heterocycles. The Balaban J connectivity index is 2.17. The molecule has 3 nitrogen and oxygen atoms in total. The third-order valence-corrected chi connectivity index (χ3v) is 2.44. The molecule has 2 N–H and O–H groups in total. The molecule has 50 valence electrons. The van der Waals surface area contributed by atoms with Crippen LogP contribution in [0.2, 0.25) is 0 Å². The summed E-state index contributed by atoms with van der Waals surface area (Å²) in [4.78, 5) is 10.8. The summed E-state index contributed by atoms with van der Waals surface area (Å²) in [5.41, 5.74) is -0.0307. The van der Waals surface area contributed by atoms with Crippen LogP contribution in [0.25, 0.3) is 0 Å². The van der Waals surface area contributed by atoms with E-state index in [0.29, 0.717) is 6.54 Å². The van der Waals surface area contributed by atoms with E-state index in [1.807, 2.05) is 0 Å². The highest BCUT2D eigenvalue weighted by molar-refractivity contribution is 5.85.